The number of benzene rings is 2. The van der Waals surface area contributed by atoms with E-state index < -0.39 is 0 Å². The highest BCUT2D eigenvalue weighted by atomic mass is 16.5. The minimum Gasteiger partial charge on any atom is -0.383 e. The van der Waals surface area contributed by atoms with Crippen molar-refractivity contribution in [2.45, 2.75) is 0 Å². The Bertz CT molecular complexity index is 846. The quantitative estimate of drug-likeness (QED) is 0.682. The smallest absolute Gasteiger partial charge is 0.276 e. The molecule has 2 aromatic carbocycles. The normalized spacial score (nSPS) is 10.5. The molecule has 0 saturated carbocycles. The molecule has 0 atom stereocenters. The first-order valence-electron chi connectivity index (χ1n) is 7.63. The number of anilines is 2. The van der Waals surface area contributed by atoms with Gasteiger partial charge >= 0.3 is 0 Å². The van der Waals surface area contributed by atoms with Crippen LogP contribution in [0.5, 0.6) is 0 Å². The lowest BCUT2D eigenvalue weighted by Gasteiger charge is -2.13. The second kappa shape index (κ2) is 7.52. The van der Waals surface area contributed by atoms with E-state index in [1.54, 1.807) is 13.3 Å². The molecule has 0 aliphatic heterocycles. The van der Waals surface area contributed by atoms with Gasteiger partial charge in [-0.1, -0.05) is 36.4 Å². The largest absolute Gasteiger partial charge is 0.383 e. The van der Waals surface area contributed by atoms with Gasteiger partial charge < -0.3 is 15.4 Å². The van der Waals surface area contributed by atoms with E-state index in [0.29, 0.717) is 24.5 Å². The third kappa shape index (κ3) is 3.49. The minimum absolute atomic E-state index is 0.291. The molecule has 0 spiro atoms. The van der Waals surface area contributed by atoms with Crippen molar-refractivity contribution in [2.75, 3.05) is 30.9 Å². The van der Waals surface area contributed by atoms with Gasteiger partial charge in [-0.15, -0.1) is 5.10 Å². The molecule has 0 saturated heterocycles. The van der Waals surface area contributed by atoms with Crippen LogP contribution in [0.25, 0.3) is 10.8 Å². The fourth-order valence-corrected chi connectivity index (χ4v) is 2.41. The Morgan fingerprint density at radius 2 is 1.83 bits per heavy atom. The Kier molecular flexibility index (Phi) is 4.98. The van der Waals surface area contributed by atoms with Crippen molar-refractivity contribution in [1.82, 2.24) is 10.2 Å². The van der Waals surface area contributed by atoms with Gasteiger partial charge in [0.2, 0.25) is 0 Å². The van der Waals surface area contributed by atoms with E-state index in [-0.39, 0.29) is 5.91 Å². The van der Waals surface area contributed by atoms with E-state index >= 15 is 0 Å². The number of amides is 1. The van der Waals surface area contributed by atoms with Gasteiger partial charge in [0.05, 0.1) is 24.2 Å². The van der Waals surface area contributed by atoms with E-state index in [1.165, 1.54) is 0 Å². The maximum absolute atomic E-state index is 12.6. The third-order valence-electron chi connectivity index (χ3n) is 3.58. The highest BCUT2D eigenvalue weighted by Gasteiger charge is 2.14. The van der Waals surface area contributed by atoms with Crippen LogP contribution in [0.15, 0.2) is 54.7 Å². The molecule has 0 aliphatic rings. The molecule has 0 unspecified atom stereocenters. The summed E-state index contributed by atoms with van der Waals surface area (Å²) in [5.41, 5.74) is 1.82. The van der Waals surface area contributed by atoms with Crippen LogP contribution in [0.3, 0.4) is 0 Å². The van der Waals surface area contributed by atoms with Gasteiger partial charge in [0.15, 0.2) is 5.69 Å². The van der Waals surface area contributed by atoms with Crippen LogP contribution in [0.1, 0.15) is 10.5 Å². The molecule has 6 nitrogen and oxygen atoms in total. The summed E-state index contributed by atoms with van der Waals surface area (Å²) < 4.78 is 5.03. The Morgan fingerprint density at radius 1 is 1.08 bits per heavy atom. The molecule has 0 bridgehead atoms. The van der Waals surface area contributed by atoms with Gasteiger partial charge in [0.25, 0.3) is 5.91 Å². The number of methoxy groups -OCH3 is 1. The fraction of sp³-hybridized carbons (Fsp3) is 0.167. The van der Waals surface area contributed by atoms with Gasteiger partial charge in [-0.3, -0.25) is 4.79 Å². The summed E-state index contributed by atoms with van der Waals surface area (Å²) in [5, 5.41) is 15.7. The maximum Gasteiger partial charge on any atom is 0.276 e. The van der Waals surface area contributed by atoms with Gasteiger partial charge in [-0.25, -0.2) is 0 Å². The van der Waals surface area contributed by atoms with Gasteiger partial charge in [0, 0.05) is 24.4 Å². The molecule has 6 heteroatoms. The topological polar surface area (TPSA) is 76.1 Å². The monoisotopic (exact) mass is 322 g/mol. The summed E-state index contributed by atoms with van der Waals surface area (Å²) in [6.07, 6.45) is 1.65. The van der Waals surface area contributed by atoms with Crippen molar-refractivity contribution in [3.05, 3.63) is 60.4 Å². The summed E-state index contributed by atoms with van der Waals surface area (Å²) in [6.45, 7) is 1.23. The van der Waals surface area contributed by atoms with E-state index in [0.717, 1.165) is 16.5 Å². The van der Waals surface area contributed by atoms with E-state index in [1.807, 2.05) is 48.5 Å². The zero-order chi connectivity index (χ0) is 16.8. The maximum atomic E-state index is 12.6. The van der Waals surface area contributed by atoms with Crippen molar-refractivity contribution < 1.29 is 9.53 Å². The van der Waals surface area contributed by atoms with E-state index in [9.17, 15) is 4.79 Å². The summed E-state index contributed by atoms with van der Waals surface area (Å²) in [7, 11) is 1.65. The Morgan fingerprint density at radius 3 is 2.67 bits per heavy atom. The average molecular weight is 322 g/mol. The predicted octanol–water partition coefficient (Wildman–Crippen LogP) is 2.94. The number of carbonyl (C=O) groups excluding carboxylic acids is 1. The van der Waals surface area contributed by atoms with Crippen LogP contribution >= 0.6 is 0 Å². The number of ether oxygens (including phenoxy) is 1. The van der Waals surface area contributed by atoms with Crippen LogP contribution in [-0.2, 0) is 4.74 Å². The minimum atomic E-state index is -0.291. The Labute approximate surface area is 139 Å². The number of aromatic nitrogens is 2. The SMILES string of the molecule is COCCNc1ccccc1NC(=O)c1nncc2ccccc12. The van der Waals surface area contributed by atoms with Gasteiger partial charge in [-0.2, -0.15) is 5.10 Å². The summed E-state index contributed by atoms with van der Waals surface area (Å²) in [6, 6.07) is 15.1. The number of hydrogen-bond donors (Lipinski definition) is 2. The molecule has 1 heterocycles. The Hall–Kier alpha value is -2.99. The molecule has 3 rings (SSSR count). The first-order chi connectivity index (χ1) is 11.8. The van der Waals surface area contributed by atoms with Crippen molar-refractivity contribution in [1.29, 1.82) is 0 Å². The molecule has 0 aliphatic carbocycles. The predicted molar refractivity (Wildman–Crippen MR) is 94.3 cm³/mol. The first kappa shape index (κ1) is 15.9. The van der Waals surface area contributed by atoms with Crippen LogP contribution < -0.4 is 10.6 Å². The number of fused-ring (bicyclic) bond motifs is 1. The molecule has 24 heavy (non-hydrogen) atoms. The number of carbonyl (C=O) groups is 1. The second-order valence-electron chi connectivity index (χ2n) is 5.20. The Balaban J connectivity index is 1.84. The van der Waals surface area contributed by atoms with Crippen molar-refractivity contribution in [3.63, 3.8) is 0 Å². The average Bonchev–Trinajstić information content (AvgIpc) is 2.63. The molecule has 2 N–H and O–H groups in total. The van der Waals surface area contributed by atoms with Crippen molar-refractivity contribution >= 4 is 28.1 Å². The molecule has 122 valence electrons. The number of nitrogens with zero attached hydrogens (tertiary/aromatic N) is 2. The molecular weight excluding hydrogens is 304 g/mol. The van der Waals surface area contributed by atoms with Crippen molar-refractivity contribution in [2.24, 2.45) is 0 Å². The highest BCUT2D eigenvalue weighted by molar-refractivity contribution is 6.12. The van der Waals surface area contributed by atoms with Crippen molar-refractivity contribution in [3.8, 4) is 0 Å². The second-order valence-corrected chi connectivity index (χ2v) is 5.20. The van der Waals surface area contributed by atoms with Crippen LogP contribution in [0, 0.1) is 0 Å². The van der Waals surface area contributed by atoms with Crippen LogP contribution in [0.2, 0.25) is 0 Å². The summed E-state index contributed by atoms with van der Waals surface area (Å²) in [5.74, 6) is -0.291. The van der Waals surface area contributed by atoms with Gasteiger partial charge in [-0.05, 0) is 12.1 Å². The zero-order valence-electron chi connectivity index (χ0n) is 13.3. The van der Waals surface area contributed by atoms with E-state index in [2.05, 4.69) is 20.8 Å². The summed E-state index contributed by atoms with van der Waals surface area (Å²) in [4.78, 5) is 12.6. The van der Waals surface area contributed by atoms with Gasteiger partial charge in [0.1, 0.15) is 0 Å². The standard InChI is InChI=1S/C18H18N4O2/c1-24-11-10-19-15-8-4-5-9-16(15)21-18(23)17-14-7-3-2-6-13(14)12-20-22-17/h2-9,12,19H,10-11H2,1H3,(H,21,23). The molecular formula is C18H18N4O2. The highest BCUT2D eigenvalue weighted by Crippen LogP contribution is 2.22. The number of nitrogens with one attached hydrogen (secondary N) is 2. The molecule has 3 aromatic rings. The van der Waals surface area contributed by atoms with Crippen LogP contribution in [-0.4, -0.2) is 36.4 Å². The lowest BCUT2D eigenvalue weighted by atomic mass is 10.1. The molecule has 0 fully saturated rings. The number of para-hydroxylation sites is 2. The molecule has 1 aromatic heterocycles. The third-order valence-corrected chi connectivity index (χ3v) is 3.58. The first-order valence-corrected chi connectivity index (χ1v) is 7.63. The number of hydrogen-bond acceptors (Lipinski definition) is 5. The lowest BCUT2D eigenvalue weighted by molar-refractivity contribution is 0.102. The molecule has 1 amide bonds. The van der Waals surface area contributed by atoms with E-state index in [4.69, 9.17) is 4.74 Å². The summed E-state index contributed by atoms with van der Waals surface area (Å²) >= 11 is 0. The number of rotatable bonds is 6. The lowest BCUT2D eigenvalue weighted by Crippen LogP contribution is -2.17. The molecule has 0 radical (unpaired) electrons. The zero-order valence-corrected chi connectivity index (χ0v) is 13.3. The van der Waals surface area contributed by atoms with Crippen LogP contribution in [0.4, 0.5) is 11.4 Å². The fourth-order valence-electron chi connectivity index (χ4n) is 2.41.